The summed E-state index contributed by atoms with van der Waals surface area (Å²) < 4.78 is 15.8. The highest BCUT2D eigenvalue weighted by atomic mass is 16.5. The van der Waals surface area contributed by atoms with Crippen molar-refractivity contribution in [3.63, 3.8) is 0 Å². The second kappa shape index (κ2) is 4.53. The largest absolute Gasteiger partial charge is 0.381 e. The van der Waals surface area contributed by atoms with Gasteiger partial charge in [-0.05, 0) is 19.8 Å². The molecule has 1 atom stereocenters. The second-order valence-corrected chi connectivity index (χ2v) is 4.43. The number of hydrogen-bond acceptors (Lipinski definition) is 6. The minimum absolute atomic E-state index is 0.243. The Balaban J connectivity index is 1.94. The SMILES string of the molecule is CCc1noc(C)c1-c1nc([C@@H]2CCOC2)no1. The third-order valence-electron chi connectivity index (χ3n) is 3.22. The molecule has 3 rings (SSSR count). The first kappa shape index (κ1) is 11.4. The third-order valence-corrected chi connectivity index (χ3v) is 3.22. The molecule has 0 N–H and O–H groups in total. The predicted molar refractivity (Wildman–Crippen MR) is 62.1 cm³/mol. The van der Waals surface area contributed by atoms with Crippen LogP contribution in [0.3, 0.4) is 0 Å². The molecule has 0 spiro atoms. The number of ether oxygens (including phenoxy) is 1. The molecule has 1 aliphatic rings. The normalized spacial score (nSPS) is 19.6. The molecule has 18 heavy (non-hydrogen) atoms. The van der Waals surface area contributed by atoms with Gasteiger partial charge in [0.1, 0.15) is 11.3 Å². The Kier molecular flexibility index (Phi) is 2.87. The van der Waals surface area contributed by atoms with Gasteiger partial charge < -0.3 is 13.8 Å². The van der Waals surface area contributed by atoms with Crippen molar-refractivity contribution in [3.05, 3.63) is 17.3 Å². The van der Waals surface area contributed by atoms with Crippen LogP contribution in [-0.2, 0) is 11.2 Å². The van der Waals surface area contributed by atoms with Gasteiger partial charge in [-0.15, -0.1) is 0 Å². The fourth-order valence-corrected chi connectivity index (χ4v) is 2.17. The molecule has 2 aromatic rings. The summed E-state index contributed by atoms with van der Waals surface area (Å²) in [4.78, 5) is 4.45. The van der Waals surface area contributed by atoms with Crippen LogP contribution in [0.15, 0.2) is 9.05 Å². The molecule has 0 aromatic carbocycles. The third kappa shape index (κ3) is 1.82. The Morgan fingerprint density at radius 2 is 2.17 bits per heavy atom. The Bertz CT molecular complexity index is 541. The summed E-state index contributed by atoms with van der Waals surface area (Å²) >= 11 is 0. The van der Waals surface area contributed by atoms with Crippen LogP contribution in [0.1, 0.15) is 36.5 Å². The van der Waals surface area contributed by atoms with Crippen molar-refractivity contribution < 1.29 is 13.8 Å². The van der Waals surface area contributed by atoms with Crippen LogP contribution in [0.2, 0.25) is 0 Å². The van der Waals surface area contributed by atoms with Gasteiger partial charge in [0.25, 0.3) is 5.89 Å². The van der Waals surface area contributed by atoms with Gasteiger partial charge in [-0.2, -0.15) is 4.98 Å². The molecule has 0 bridgehead atoms. The summed E-state index contributed by atoms with van der Waals surface area (Å²) in [7, 11) is 0. The minimum atomic E-state index is 0.243. The monoisotopic (exact) mass is 249 g/mol. The quantitative estimate of drug-likeness (QED) is 0.829. The smallest absolute Gasteiger partial charge is 0.263 e. The van der Waals surface area contributed by atoms with Crippen molar-refractivity contribution in [2.45, 2.75) is 32.6 Å². The van der Waals surface area contributed by atoms with Gasteiger partial charge in [0, 0.05) is 12.5 Å². The highest BCUT2D eigenvalue weighted by Gasteiger charge is 2.25. The van der Waals surface area contributed by atoms with Crippen LogP contribution in [0.5, 0.6) is 0 Å². The molecule has 3 heterocycles. The van der Waals surface area contributed by atoms with Crippen LogP contribution < -0.4 is 0 Å². The molecule has 0 saturated carbocycles. The van der Waals surface area contributed by atoms with E-state index in [0.717, 1.165) is 30.7 Å². The Hall–Kier alpha value is -1.69. The van der Waals surface area contributed by atoms with E-state index in [1.165, 1.54) is 0 Å². The molecule has 1 fully saturated rings. The van der Waals surface area contributed by atoms with E-state index in [4.69, 9.17) is 13.8 Å². The van der Waals surface area contributed by atoms with E-state index < -0.39 is 0 Å². The molecular formula is C12H15N3O3. The number of rotatable bonds is 3. The Morgan fingerprint density at radius 1 is 1.28 bits per heavy atom. The zero-order chi connectivity index (χ0) is 12.5. The average molecular weight is 249 g/mol. The fraction of sp³-hybridized carbons (Fsp3) is 0.583. The minimum Gasteiger partial charge on any atom is -0.381 e. The molecule has 96 valence electrons. The summed E-state index contributed by atoms with van der Waals surface area (Å²) in [6, 6.07) is 0. The van der Waals surface area contributed by atoms with E-state index in [0.29, 0.717) is 24.1 Å². The van der Waals surface area contributed by atoms with E-state index in [9.17, 15) is 0 Å². The van der Waals surface area contributed by atoms with Crippen molar-refractivity contribution in [1.29, 1.82) is 0 Å². The summed E-state index contributed by atoms with van der Waals surface area (Å²) in [5, 5.41) is 8.03. The van der Waals surface area contributed by atoms with Crippen LogP contribution in [0, 0.1) is 6.92 Å². The maximum absolute atomic E-state index is 5.33. The van der Waals surface area contributed by atoms with Crippen LogP contribution >= 0.6 is 0 Å². The standard InChI is InChI=1S/C12H15N3O3/c1-3-9-10(7(2)17-14-9)12-13-11(15-18-12)8-4-5-16-6-8/h8H,3-6H2,1-2H3/t8-/m1/s1. The highest BCUT2D eigenvalue weighted by Crippen LogP contribution is 2.29. The molecule has 2 aromatic heterocycles. The summed E-state index contributed by atoms with van der Waals surface area (Å²) in [6.07, 6.45) is 1.72. The number of hydrogen-bond donors (Lipinski definition) is 0. The van der Waals surface area contributed by atoms with Gasteiger partial charge in [0.05, 0.1) is 12.3 Å². The average Bonchev–Trinajstić information content (AvgIpc) is 3.07. The topological polar surface area (TPSA) is 74.2 Å². The Morgan fingerprint density at radius 3 is 2.89 bits per heavy atom. The Labute approximate surface area is 104 Å². The summed E-state index contributed by atoms with van der Waals surface area (Å²) in [5.74, 6) is 2.16. The van der Waals surface area contributed by atoms with Crippen LogP contribution in [0.25, 0.3) is 11.5 Å². The zero-order valence-electron chi connectivity index (χ0n) is 10.5. The van der Waals surface area contributed by atoms with Crippen molar-refractivity contribution in [2.24, 2.45) is 0 Å². The van der Waals surface area contributed by atoms with Gasteiger partial charge in [-0.3, -0.25) is 0 Å². The van der Waals surface area contributed by atoms with E-state index in [2.05, 4.69) is 15.3 Å². The first-order valence-electron chi connectivity index (χ1n) is 6.16. The van der Waals surface area contributed by atoms with Crippen molar-refractivity contribution in [2.75, 3.05) is 13.2 Å². The lowest BCUT2D eigenvalue weighted by atomic mass is 10.1. The molecule has 0 amide bonds. The predicted octanol–water partition coefficient (Wildman–Crippen LogP) is 2.10. The molecule has 0 radical (unpaired) electrons. The molecule has 6 nitrogen and oxygen atoms in total. The van der Waals surface area contributed by atoms with Gasteiger partial charge in [0.15, 0.2) is 5.82 Å². The van der Waals surface area contributed by atoms with Gasteiger partial charge in [-0.25, -0.2) is 0 Å². The van der Waals surface area contributed by atoms with Crippen molar-refractivity contribution in [1.82, 2.24) is 15.3 Å². The first-order chi connectivity index (χ1) is 8.79. The van der Waals surface area contributed by atoms with Crippen molar-refractivity contribution in [3.8, 4) is 11.5 Å². The van der Waals surface area contributed by atoms with Crippen LogP contribution in [0.4, 0.5) is 0 Å². The lowest BCUT2D eigenvalue weighted by Gasteiger charge is -1.97. The molecule has 6 heteroatoms. The van der Waals surface area contributed by atoms with E-state index in [-0.39, 0.29) is 5.92 Å². The lowest BCUT2D eigenvalue weighted by Crippen LogP contribution is -1.99. The van der Waals surface area contributed by atoms with Gasteiger partial charge in [0.2, 0.25) is 0 Å². The zero-order valence-corrected chi connectivity index (χ0v) is 10.5. The highest BCUT2D eigenvalue weighted by molar-refractivity contribution is 5.58. The lowest BCUT2D eigenvalue weighted by molar-refractivity contribution is 0.192. The van der Waals surface area contributed by atoms with Crippen molar-refractivity contribution >= 4 is 0 Å². The number of aromatic nitrogens is 3. The molecule has 0 aliphatic carbocycles. The van der Waals surface area contributed by atoms with Gasteiger partial charge >= 0.3 is 0 Å². The van der Waals surface area contributed by atoms with E-state index >= 15 is 0 Å². The second-order valence-electron chi connectivity index (χ2n) is 4.43. The number of aryl methyl sites for hydroxylation is 2. The van der Waals surface area contributed by atoms with Crippen LogP contribution in [-0.4, -0.2) is 28.5 Å². The van der Waals surface area contributed by atoms with E-state index in [1.807, 2.05) is 13.8 Å². The van der Waals surface area contributed by atoms with Gasteiger partial charge in [-0.1, -0.05) is 17.2 Å². The fourth-order valence-electron chi connectivity index (χ4n) is 2.17. The maximum Gasteiger partial charge on any atom is 0.263 e. The summed E-state index contributed by atoms with van der Waals surface area (Å²) in [5.41, 5.74) is 1.68. The van der Waals surface area contributed by atoms with E-state index in [1.54, 1.807) is 0 Å². The molecule has 1 aliphatic heterocycles. The number of nitrogens with zero attached hydrogens (tertiary/aromatic N) is 3. The molecular weight excluding hydrogens is 234 g/mol. The summed E-state index contributed by atoms with van der Waals surface area (Å²) in [6.45, 7) is 5.30. The maximum atomic E-state index is 5.33. The molecule has 1 saturated heterocycles. The first-order valence-corrected chi connectivity index (χ1v) is 6.16. The molecule has 0 unspecified atom stereocenters.